The molecule has 5 rings (SSSR count). The lowest BCUT2D eigenvalue weighted by Crippen LogP contribution is -2.44. The van der Waals surface area contributed by atoms with Gasteiger partial charge in [-0.15, -0.1) is 0 Å². The van der Waals surface area contributed by atoms with Gasteiger partial charge in [0.15, 0.2) is 0 Å². The van der Waals surface area contributed by atoms with Crippen molar-refractivity contribution in [1.29, 1.82) is 0 Å². The number of carbonyl (C=O) groups excluding carboxylic acids is 1. The number of hydrogen-bond acceptors (Lipinski definition) is 2. The second kappa shape index (κ2) is 6.22. The maximum atomic E-state index is 13.7. The minimum absolute atomic E-state index is 0.0253. The molecule has 3 aromatic rings. The van der Waals surface area contributed by atoms with Crippen molar-refractivity contribution in [3.8, 4) is 0 Å². The molecule has 0 saturated carbocycles. The van der Waals surface area contributed by atoms with E-state index >= 15 is 0 Å². The standard InChI is InChI=1S/C22H18N2OS/c25-22(23-15-7-9-16-8-1-2-10-17(16)23)24-18-11-3-5-13-20(18)26-21-14-6-4-12-19(21)24/h1-6,8,10-14H,7,9,15H2. The summed E-state index contributed by atoms with van der Waals surface area (Å²) in [6.45, 7) is 0.754. The highest BCUT2D eigenvalue weighted by Crippen LogP contribution is 2.48. The van der Waals surface area contributed by atoms with Crippen LogP contribution in [0.4, 0.5) is 21.9 Å². The van der Waals surface area contributed by atoms with E-state index in [-0.39, 0.29) is 6.03 Å². The minimum Gasteiger partial charge on any atom is -0.293 e. The van der Waals surface area contributed by atoms with Gasteiger partial charge in [-0.25, -0.2) is 4.79 Å². The van der Waals surface area contributed by atoms with Gasteiger partial charge in [-0.1, -0.05) is 54.2 Å². The average Bonchev–Trinajstić information content (AvgIpc) is 2.71. The van der Waals surface area contributed by atoms with E-state index in [2.05, 4.69) is 30.3 Å². The molecule has 26 heavy (non-hydrogen) atoms. The molecule has 4 heteroatoms. The number of fused-ring (bicyclic) bond motifs is 3. The summed E-state index contributed by atoms with van der Waals surface area (Å²) in [5.41, 5.74) is 4.21. The Labute approximate surface area is 157 Å². The number of anilines is 3. The summed E-state index contributed by atoms with van der Waals surface area (Å²) in [7, 11) is 0. The summed E-state index contributed by atoms with van der Waals surface area (Å²) in [6, 6.07) is 24.6. The van der Waals surface area contributed by atoms with Crippen molar-refractivity contribution in [1.82, 2.24) is 0 Å². The second-order valence-electron chi connectivity index (χ2n) is 6.54. The Bertz CT molecular complexity index is 955. The molecule has 128 valence electrons. The highest BCUT2D eigenvalue weighted by atomic mass is 32.2. The van der Waals surface area contributed by atoms with Gasteiger partial charge in [0.2, 0.25) is 0 Å². The molecule has 2 aliphatic rings. The molecular formula is C22H18N2OS. The molecule has 0 aliphatic carbocycles. The molecular weight excluding hydrogens is 340 g/mol. The summed E-state index contributed by atoms with van der Waals surface area (Å²) >= 11 is 1.72. The van der Waals surface area contributed by atoms with Crippen LogP contribution in [0.25, 0.3) is 0 Å². The van der Waals surface area contributed by atoms with Crippen molar-refractivity contribution in [2.75, 3.05) is 16.3 Å². The third-order valence-electron chi connectivity index (χ3n) is 4.96. The fourth-order valence-corrected chi connectivity index (χ4v) is 4.82. The molecule has 2 heterocycles. The summed E-state index contributed by atoms with van der Waals surface area (Å²) in [5.74, 6) is 0. The lowest BCUT2D eigenvalue weighted by atomic mass is 10.0. The maximum absolute atomic E-state index is 13.7. The van der Waals surface area contributed by atoms with Crippen molar-refractivity contribution in [2.24, 2.45) is 0 Å². The van der Waals surface area contributed by atoms with Gasteiger partial charge >= 0.3 is 6.03 Å². The van der Waals surface area contributed by atoms with Gasteiger partial charge in [-0.2, -0.15) is 0 Å². The number of benzene rings is 3. The number of aryl methyl sites for hydroxylation is 1. The van der Waals surface area contributed by atoms with Crippen LogP contribution in [-0.2, 0) is 6.42 Å². The van der Waals surface area contributed by atoms with E-state index < -0.39 is 0 Å². The highest BCUT2D eigenvalue weighted by molar-refractivity contribution is 7.99. The van der Waals surface area contributed by atoms with Crippen molar-refractivity contribution in [2.45, 2.75) is 22.6 Å². The number of rotatable bonds is 0. The quantitative estimate of drug-likeness (QED) is 0.502. The third-order valence-corrected chi connectivity index (χ3v) is 6.09. The summed E-state index contributed by atoms with van der Waals surface area (Å²) in [5, 5.41) is 0. The van der Waals surface area contributed by atoms with Crippen LogP contribution in [0.1, 0.15) is 12.0 Å². The number of carbonyl (C=O) groups is 1. The summed E-state index contributed by atoms with van der Waals surface area (Å²) < 4.78 is 0. The minimum atomic E-state index is 0.0253. The third kappa shape index (κ3) is 2.41. The van der Waals surface area contributed by atoms with Gasteiger partial charge < -0.3 is 0 Å². The first-order chi connectivity index (χ1) is 12.8. The topological polar surface area (TPSA) is 23.6 Å². The fraction of sp³-hybridized carbons (Fsp3) is 0.136. The molecule has 0 saturated heterocycles. The van der Waals surface area contributed by atoms with Crippen molar-refractivity contribution in [3.05, 3.63) is 78.4 Å². The first-order valence-electron chi connectivity index (χ1n) is 8.88. The van der Waals surface area contributed by atoms with Gasteiger partial charge in [-0.05, 0) is 48.7 Å². The van der Waals surface area contributed by atoms with Crippen LogP contribution in [0.5, 0.6) is 0 Å². The predicted octanol–water partition coefficient (Wildman–Crippen LogP) is 5.86. The van der Waals surface area contributed by atoms with E-state index in [9.17, 15) is 4.79 Å². The number of hydrogen-bond donors (Lipinski definition) is 0. The van der Waals surface area contributed by atoms with Crippen LogP contribution in [0.15, 0.2) is 82.6 Å². The zero-order chi connectivity index (χ0) is 17.5. The Kier molecular flexibility index (Phi) is 3.71. The lowest BCUT2D eigenvalue weighted by Gasteiger charge is -2.37. The SMILES string of the molecule is O=C(N1CCCc2ccccc21)N1c2ccccc2Sc2ccccc21. The summed E-state index contributed by atoms with van der Waals surface area (Å²) in [6.07, 6.45) is 2.03. The molecule has 0 bridgehead atoms. The monoisotopic (exact) mass is 358 g/mol. The highest BCUT2D eigenvalue weighted by Gasteiger charge is 2.33. The Morgan fingerprint density at radius 3 is 2.04 bits per heavy atom. The summed E-state index contributed by atoms with van der Waals surface area (Å²) in [4.78, 5) is 19.7. The van der Waals surface area contributed by atoms with Gasteiger partial charge in [0.1, 0.15) is 0 Å². The molecule has 0 unspecified atom stereocenters. The van der Waals surface area contributed by atoms with Gasteiger partial charge in [0, 0.05) is 22.0 Å². The molecule has 0 aromatic heterocycles. The first-order valence-corrected chi connectivity index (χ1v) is 9.70. The van der Waals surface area contributed by atoms with Crippen LogP contribution in [0, 0.1) is 0 Å². The Morgan fingerprint density at radius 1 is 0.769 bits per heavy atom. The van der Waals surface area contributed by atoms with Gasteiger partial charge in [-0.3, -0.25) is 9.80 Å². The number of urea groups is 1. The van der Waals surface area contributed by atoms with Crippen LogP contribution in [-0.4, -0.2) is 12.6 Å². The van der Waals surface area contributed by atoms with E-state index in [1.54, 1.807) is 11.8 Å². The lowest BCUT2D eigenvalue weighted by molar-refractivity contribution is 0.253. The zero-order valence-electron chi connectivity index (χ0n) is 14.3. The number of para-hydroxylation sites is 3. The van der Waals surface area contributed by atoms with Crippen molar-refractivity contribution < 1.29 is 4.79 Å². The van der Waals surface area contributed by atoms with Crippen molar-refractivity contribution in [3.63, 3.8) is 0 Å². The molecule has 3 aromatic carbocycles. The van der Waals surface area contributed by atoms with E-state index in [1.165, 1.54) is 5.56 Å². The molecule has 3 nitrogen and oxygen atoms in total. The smallest absolute Gasteiger partial charge is 0.293 e. The van der Waals surface area contributed by atoms with Crippen LogP contribution in [0.3, 0.4) is 0 Å². The van der Waals surface area contributed by atoms with Crippen LogP contribution in [0.2, 0.25) is 0 Å². The molecule has 0 N–H and O–H groups in total. The van der Waals surface area contributed by atoms with Crippen LogP contribution >= 0.6 is 11.8 Å². The normalized spacial score (nSPS) is 15.1. The Balaban J connectivity index is 1.64. The molecule has 0 fully saturated rings. The average molecular weight is 358 g/mol. The van der Waals surface area contributed by atoms with E-state index in [4.69, 9.17) is 0 Å². The predicted molar refractivity (Wildman–Crippen MR) is 107 cm³/mol. The molecule has 0 spiro atoms. The molecule has 2 amide bonds. The van der Waals surface area contributed by atoms with E-state index in [1.807, 2.05) is 52.3 Å². The van der Waals surface area contributed by atoms with E-state index in [0.717, 1.165) is 46.2 Å². The number of amides is 2. The Morgan fingerprint density at radius 2 is 1.35 bits per heavy atom. The first kappa shape index (κ1) is 15.5. The molecule has 2 aliphatic heterocycles. The van der Waals surface area contributed by atoms with Crippen molar-refractivity contribution >= 4 is 34.9 Å². The zero-order valence-corrected chi connectivity index (χ0v) is 15.1. The fourth-order valence-electron chi connectivity index (χ4n) is 3.76. The van der Waals surface area contributed by atoms with Crippen LogP contribution < -0.4 is 9.80 Å². The largest absolute Gasteiger partial charge is 0.333 e. The van der Waals surface area contributed by atoms with Gasteiger partial charge in [0.25, 0.3) is 0 Å². The number of nitrogens with zero attached hydrogens (tertiary/aromatic N) is 2. The molecule has 0 radical (unpaired) electrons. The van der Waals surface area contributed by atoms with E-state index in [0.29, 0.717) is 0 Å². The Hall–Kier alpha value is -2.72. The maximum Gasteiger partial charge on any atom is 0.333 e. The van der Waals surface area contributed by atoms with Gasteiger partial charge in [0.05, 0.1) is 11.4 Å². The second-order valence-corrected chi connectivity index (χ2v) is 7.62. The molecule has 0 atom stereocenters.